The molecule has 146 valence electrons. The number of carboxylic acid groups (broad SMARTS) is 1. The summed E-state index contributed by atoms with van der Waals surface area (Å²) in [7, 11) is 1.64. The molecule has 1 aliphatic heterocycles. The molecule has 0 aromatic heterocycles. The van der Waals surface area contributed by atoms with E-state index in [1.165, 1.54) is 11.8 Å². The second-order valence-corrected chi connectivity index (χ2v) is 8.16. The fraction of sp³-hybridized carbons (Fsp3) is 0.286. The second kappa shape index (κ2) is 9.21. The zero-order valence-corrected chi connectivity index (χ0v) is 17.1. The van der Waals surface area contributed by atoms with Gasteiger partial charge in [-0.3, -0.25) is 9.69 Å². The molecule has 3 rings (SSSR count). The molecule has 1 fully saturated rings. The largest absolute Gasteiger partial charge is 0.550 e. The number of hydrogen-bond donors (Lipinski definition) is 0. The summed E-state index contributed by atoms with van der Waals surface area (Å²) in [5.74, 6) is -0.326. The molecule has 1 heterocycles. The monoisotopic (exact) mass is 414 g/mol. The highest BCUT2D eigenvalue weighted by molar-refractivity contribution is 8.26. The number of thioether (sulfide) groups is 1. The number of amides is 1. The number of benzene rings is 2. The lowest BCUT2D eigenvalue weighted by Gasteiger charge is -2.14. The third kappa shape index (κ3) is 4.91. The van der Waals surface area contributed by atoms with Crippen LogP contribution in [0.3, 0.4) is 0 Å². The van der Waals surface area contributed by atoms with Crippen LogP contribution in [0.15, 0.2) is 41.3 Å². The average molecular weight is 415 g/mol. The van der Waals surface area contributed by atoms with Crippen molar-refractivity contribution >= 4 is 57.0 Å². The van der Waals surface area contributed by atoms with Gasteiger partial charge >= 0.3 is 0 Å². The summed E-state index contributed by atoms with van der Waals surface area (Å²) in [6.45, 7) is 0.507. The zero-order chi connectivity index (χ0) is 20.1. The van der Waals surface area contributed by atoms with Crippen molar-refractivity contribution in [3.05, 3.63) is 46.9 Å². The average Bonchev–Trinajstić information content (AvgIpc) is 2.94. The molecule has 0 radical (unpaired) electrons. The van der Waals surface area contributed by atoms with E-state index in [1.807, 2.05) is 42.5 Å². The Balaban J connectivity index is 1.67. The van der Waals surface area contributed by atoms with Crippen molar-refractivity contribution in [1.82, 2.24) is 4.90 Å². The summed E-state index contributed by atoms with van der Waals surface area (Å²) < 4.78 is 5.79. The second-order valence-electron chi connectivity index (χ2n) is 6.49. The highest BCUT2D eigenvalue weighted by Gasteiger charge is 2.31. The number of carbonyl (C=O) groups excluding carboxylic acids is 2. The van der Waals surface area contributed by atoms with Crippen LogP contribution in [0.5, 0.6) is 5.75 Å². The minimum atomic E-state index is -1.04. The van der Waals surface area contributed by atoms with Gasteiger partial charge in [-0.2, -0.15) is 0 Å². The molecule has 0 N–H and O–H groups in total. The number of ether oxygens (including phenoxy) is 1. The number of thiocarbonyl (C=S) groups is 1. The van der Waals surface area contributed by atoms with E-state index < -0.39 is 5.97 Å². The van der Waals surface area contributed by atoms with Crippen LogP contribution in [0.2, 0.25) is 0 Å². The summed E-state index contributed by atoms with van der Waals surface area (Å²) in [6, 6.07) is 11.9. The summed E-state index contributed by atoms with van der Waals surface area (Å²) in [5.41, 5.74) is 0.937. The number of carboxylic acids is 1. The number of hydrogen-bond acceptors (Lipinski definition) is 6. The lowest BCUT2D eigenvalue weighted by atomic mass is 10.1. The number of methoxy groups -OCH3 is 1. The molecule has 0 saturated carbocycles. The first-order valence-corrected chi connectivity index (χ1v) is 10.2. The highest BCUT2D eigenvalue weighted by Crippen LogP contribution is 2.33. The molecule has 0 spiro atoms. The Morgan fingerprint density at radius 2 is 1.93 bits per heavy atom. The molecule has 2 aromatic rings. The fourth-order valence-corrected chi connectivity index (χ4v) is 4.33. The molecule has 2 aromatic carbocycles. The molecular formula is C21H20NO4S2-. The maximum Gasteiger partial charge on any atom is 0.266 e. The van der Waals surface area contributed by atoms with E-state index >= 15 is 0 Å². The molecule has 1 aliphatic rings. The highest BCUT2D eigenvalue weighted by atomic mass is 32.2. The minimum absolute atomic E-state index is 0.0478. The van der Waals surface area contributed by atoms with Crippen LogP contribution >= 0.6 is 24.0 Å². The predicted molar refractivity (Wildman–Crippen MR) is 114 cm³/mol. The van der Waals surface area contributed by atoms with Gasteiger partial charge in [-0.15, -0.1) is 0 Å². The van der Waals surface area contributed by atoms with E-state index in [9.17, 15) is 14.7 Å². The Kier molecular flexibility index (Phi) is 6.70. The van der Waals surface area contributed by atoms with E-state index in [1.54, 1.807) is 12.0 Å². The maximum absolute atomic E-state index is 12.7. The number of aliphatic carboxylic acids is 1. The minimum Gasteiger partial charge on any atom is -0.550 e. The van der Waals surface area contributed by atoms with Crippen molar-refractivity contribution in [2.24, 2.45) is 0 Å². The van der Waals surface area contributed by atoms with Gasteiger partial charge in [0.2, 0.25) is 0 Å². The molecule has 1 saturated heterocycles. The van der Waals surface area contributed by atoms with E-state index in [4.69, 9.17) is 17.0 Å². The first kappa shape index (κ1) is 20.4. The molecule has 7 heteroatoms. The van der Waals surface area contributed by atoms with Crippen LogP contribution < -0.4 is 9.84 Å². The first-order valence-electron chi connectivity index (χ1n) is 9.01. The molecular weight excluding hydrogens is 394 g/mol. The van der Waals surface area contributed by atoms with Gasteiger partial charge in [0.15, 0.2) is 0 Å². The van der Waals surface area contributed by atoms with Gasteiger partial charge in [-0.25, -0.2) is 0 Å². The Hall–Kier alpha value is -2.38. The SMILES string of the molecule is COc1ccc2cc(/C=C3\SC(=S)N(CCCCCC(=O)[O-])C3=O)ccc2c1. The van der Waals surface area contributed by atoms with Crippen LogP contribution in [0, 0.1) is 0 Å². The number of fused-ring (bicyclic) bond motifs is 1. The third-order valence-corrected chi connectivity index (χ3v) is 5.88. The topological polar surface area (TPSA) is 69.7 Å². The standard InChI is InChI=1S/C21H21NO4S2/c1-26-17-9-8-15-11-14(6-7-16(15)13-17)12-18-20(25)22(21(27)28-18)10-4-2-3-5-19(23)24/h6-9,11-13H,2-5,10H2,1H3,(H,23,24)/p-1/b18-12-. The van der Waals surface area contributed by atoms with Crippen molar-refractivity contribution in [3.63, 3.8) is 0 Å². The Bertz CT molecular complexity index is 955. The molecule has 0 aliphatic carbocycles. The number of nitrogens with zero attached hydrogens (tertiary/aromatic N) is 1. The number of rotatable bonds is 8. The number of unbranched alkanes of at least 4 members (excludes halogenated alkanes) is 2. The van der Waals surface area contributed by atoms with Gasteiger partial charge in [0.05, 0.1) is 12.0 Å². The Labute approximate surface area is 173 Å². The lowest BCUT2D eigenvalue weighted by Crippen LogP contribution is -2.29. The maximum atomic E-state index is 12.7. The summed E-state index contributed by atoms with van der Waals surface area (Å²) in [6.07, 6.45) is 3.89. The Morgan fingerprint density at radius 1 is 1.18 bits per heavy atom. The van der Waals surface area contributed by atoms with Crippen molar-refractivity contribution in [1.29, 1.82) is 0 Å². The lowest BCUT2D eigenvalue weighted by molar-refractivity contribution is -0.305. The van der Waals surface area contributed by atoms with Crippen molar-refractivity contribution in [2.75, 3.05) is 13.7 Å². The van der Waals surface area contributed by atoms with Gasteiger partial charge in [0, 0.05) is 12.5 Å². The van der Waals surface area contributed by atoms with Crippen molar-refractivity contribution in [2.45, 2.75) is 25.7 Å². The number of carbonyl (C=O) groups is 2. The molecule has 0 bridgehead atoms. The van der Waals surface area contributed by atoms with Crippen LogP contribution in [0.4, 0.5) is 0 Å². The van der Waals surface area contributed by atoms with Crippen molar-refractivity contribution in [3.8, 4) is 5.75 Å². The van der Waals surface area contributed by atoms with E-state index in [0.29, 0.717) is 28.6 Å². The smallest absolute Gasteiger partial charge is 0.266 e. The summed E-state index contributed by atoms with van der Waals surface area (Å²) in [4.78, 5) is 25.3. The molecule has 0 atom stereocenters. The van der Waals surface area contributed by atoms with Crippen molar-refractivity contribution < 1.29 is 19.4 Å². The summed E-state index contributed by atoms with van der Waals surface area (Å²) >= 11 is 6.65. The van der Waals surface area contributed by atoms with Gasteiger partial charge in [-0.05, 0) is 59.9 Å². The normalized spacial score (nSPS) is 15.6. The quantitative estimate of drug-likeness (QED) is 0.375. The van der Waals surface area contributed by atoms with Crippen LogP contribution in [0.1, 0.15) is 31.2 Å². The molecule has 0 unspecified atom stereocenters. The van der Waals surface area contributed by atoms with Crippen LogP contribution in [0.25, 0.3) is 16.8 Å². The van der Waals surface area contributed by atoms with Gasteiger partial charge in [0.1, 0.15) is 10.1 Å². The predicted octanol–water partition coefficient (Wildman–Crippen LogP) is 3.36. The van der Waals surface area contributed by atoms with Crippen LogP contribution in [-0.2, 0) is 9.59 Å². The molecule has 1 amide bonds. The van der Waals surface area contributed by atoms with Gasteiger partial charge in [-0.1, -0.05) is 48.6 Å². The molecule has 5 nitrogen and oxygen atoms in total. The zero-order valence-electron chi connectivity index (χ0n) is 15.5. The van der Waals surface area contributed by atoms with Crippen LogP contribution in [-0.4, -0.2) is 34.8 Å². The molecule has 28 heavy (non-hydrogen) atoms. The van der Waals surface area contributed by atoms with E-state index in [2.05, 4.69) is 0 Å². The third-order valence-electron chi connectivity index (χ3n) is 4.51. The fourth-order valence-electron chi connectivity index (χ4n) is 3.02. The van der Waals surface area contributed by atoms with Gasteiger partial charge < -0.3 is 14.6 Å². The van der Waals surface area contributed by atoms with E-state index in [-0.39, 0.29) is 12.3 Å². The first-order chi connectivity index (χ1) is 13.5. The van der Waals surface area contributed by atoms with E-state index in [0.717, 1.165) is 28.5 Å². The summed E-state index contributed by atoms with van der Waals surface area (Å²) in [5, 5.41) is 12.6. The van der Waals surface area contributed by atoms with Gasteiger partial charge in [0.25, 0.3) is 5.91 Å². The Morgan fingerprint density at radius 3 is 2.68 bits per heavy atom.